The average Bonchev–Trinajstić information content (AvgIpc) is 3.15. The lowest BCUT2D eigenvalue weighted by Crippen LogP contribution is -2.26. The van der Waals surface area contributed by atoms with Gasteiger partial charge >= 0.3 is 0 Å². The Morgan fingerprint density at radius 1 is 1.28 bits per heavy atom. The lowest BCUT2D eigenvalue weighted by atomic mass is 10.1. The zero-order valence-corrected chi connectivity index (χ0v) is 14.0. The number of hydrogen-bond acceptors (Lipinski definition) is 4. The lowest BCUT2D eigenvalue weighted by molar-refractivity contribution is 0.0954. The normalized spacial score (nSPS) is 16.6. The van der Waals surface area contributed by atoms with E-state index in [2.05, 4.69) is 15.6 Å². The summed E-state index contributed by atoms with van der Waals surface area (Å²) in [5, 5.41) is 6.13. The number of carbonyl (C=O) groups is 1. The Morgan fingerprint density at radius 3 is 2.88 bits per heavy atom. The fraction of sp³-hybridized carbons (Fsp3) is 0.368. The maximum Gasteiger partial charge on any atom is 0.252 e. The number of halogens is 1. The van der Waals surface area contributed by atoms with Crippen LogP contribution in [0.4, 0.5) is 10.1 Å². The van der Waals surface area contributed by atoms with Gasteiger partial charge in [0.2, 0.25) is 0 Å². The summed E-state index contributed by atoms with van der Waals surface area (Å²) in [6, 6.07) is 8.07. The van der Waals surface area contributed by atoms with E-state index in [1.165, 1.54) is 12.1 Å². The van der Waals surface area contributed by atoms with Crippen molar-refractivity contribution in [2.75, 3.05) is 25.0 Å². The number of aromatic nitrogens is 1. The Morgan fingerprint density at radius 2 is 2.12 bits per heavy atom. The molecule has 1 amide bonds. The molecule has 0 saturated carbocycles. The highest BCUT2D eigenvalue weighted by atomic mass is 19.1. The lowest BCUT2D eigenvalue weighted by Gasteiger charge is -2.12. The van der Waals surface area contributed by atoms with Crippen LogP contribution in [0.1, 0.15) is 28.8 Å². The molecule has 0 radical (unpaired) electrons. The van der Waals surface area contributed by atoms with Gasteiger partial charge in [0, 0.05) is 32.1 Å². The van der Waals surface area contributed by atoms with E-state index in [0.29, 0.717) is 18.5 Å². The van der Waals surface area contributed by atoms with Gasteiger partial charge in [-0.1, -0.05) is 12.1 Å². The summed E-state index contributed by atoms with van der Waals surface area (Å²) in [6.45, 7) is 2.02. The first-order chi connectivity index (χ1) is 12.2. The molecule has 2 N–H and O–H groups in total. The van der Waals surface area contributed by atoms with Crippen molar-refractivity contribution < 1.29 is 13.9 Å². The summed E-state index contributed by atoms with van der Waals surface area (Å²) in [6.07, 6.45) is 6.28. The van der Waals surface area contributed by atoms with E-state index in [1.807, 2.05) is 0 Å². The van der Waals surface area contributed by atoms with Crippen LogP contribution in [0.25, 0.3) is 0 Å². The Labute approximate surface area is 146 Å². The number of carbonyl (C=O) groups excluding carboxylic acids is 1. The van der Waals surface area contributed by atoms with Crippen molar-refractivity contribution >= 4 is 11.6 Å². The van der Waals surface area contributed by atoms with Crippen LogP contribution in [-0.2, 0) is 11.2 Å². The molecular weight excluding hydrogens is 321 g/mol. The van der Waals surface area contributed by atoms with Gasteiger partial charge in [-0.05, 0) is 43.0 Å². The summed E-state index contributed by atoms with van der Waals surface area (Å²) in [4.78, 5) is 16.4. The molecule has 1 aromatic heterocycles. The van der Waals surface area contributed by atoms with E-state index in [1.54, 1.807) is 30.6 Å². The molecule has 0 aliphatic carbocycles. The predicted molar refractivity (Wildman–Crippen MR) is 94.1 cm³/mol. The molecule has 1 unspecified atom stereocenters. The highest BCUT2D eigenvalue weighted by molar-refractivity contribution is 5.94. The van der Waals surface area contributed by atoms with Crippen molar-refractivity contribution in [1.29, 1.82) is 0 Å². The second-order valence-corrected chi connectivity index (χ2v) is 6.11. The highest BCUT2D eigenvalue weighted by Gasteiger charge is 2.15. The number of pyridine rings is 1. The number of nitrogens with zero attached hydrogens (tertiary/aromatic N) is 1. The minimum Gasteiger partial charge on any atom is -0.381 e. The largest absolute Gasteiger partial charge is 0.381 e. The number of nitrogens with one attached hydrogen (secondary N) is 2. The molecule has 1 aromatic carbocycles. The van der Waals surface area contributed by atoms with Gasteiger partial charge in [0.1, 0.15) is 5.82 Å². The van der Waals surface area contributed by atoms with Gasteiger partial charge in [-0.2, -0.15) is 0 Å². The molecule has 0 bridgehead atoms. The number of anilines is 1. The van der Waals surface area contributed by atoms with E-state index in [4.69, 9.17) is 4.74 Å². The Hall–Kier alpha value is -2.47. The molecule has 25 heavy (non-hydrogen) atoms. The molecule has 132 valence electrons. The third-order valence-electron chi connectivity index (χ3n) is 4.17. The van der Waals surface area contributed by atoms with Crippen LogP contribution in [0.15, 0.2) is 42.7 Å². The van der Waals surface area contributed by atoms with E-state index in [0.717, 1.165) is 37.2 Å². The Balaban J connectivity index is 1.47. The molecule has 0 spiro atoms. The van der Waals surface area contributed by atoms with Crippen molar-refractivity contribution in [3.05, 3.63) is 59.7 Å². The average molecular weight is 343 g/mol. The van der Waals surface area contributed by atoms with Crippen molar-refractivity contribution in [3.63, 3.8) is 0 Å². The number of hydrogen-bond donors (Lipinski definition) is 2. The van der Waals surface area contributed by atoms with Gasteiger partial charge in [0.25, 0.3) is 5.91 Å². The summed E-state index contributed by atoms with van der Waals surface area (Å²) in [5.74, 6) is -0.429. The maximum absolute atomic E-state index is 12.9. The predicted octanol–water partition coefficient (Wildman–Crippen LogP) is 2.78. The summed E-state index contributed by atoms with van der Waals surface area (Å²) < 4.78 is 18.4. The van der Waals surface area contributed by atoms with Crippen LogP contribution in [-0.4, -0.2) is 36.7 Å². The van der Waals surface area contributed by atoms with Crippen molar-refractivity contribution in [2.24, 2.45) is 0 Å². The monoisotopic (exact) mass is 343 g/mol. The molecule has 1 fully saturated rings. The number of benzene rings is 1. The van der Waals surface area contributed by atoms with Crippen molar-refractivity contribution in [3.8, 4) is 0 Å². The van der Waals surface area contributed by atoms with Crippen LogP contribution in [0.5, 0.6) is 0 Å². The second-order valence-electron chi connectivity index (χ2n) is 6.11. The Kier molecular flexibility index (Phi) is 5.95. The van der Waals surface area contributed by atoms with Crippen LogP contribution in [0.3, 0.4) is 0 Å². The molecule has 6 heteroatoms. The minimum absolute atomic E-state index is 0.171. The molecule has 1 aliphatic heterocycles. The van der Waals surface area contributed by atoms with Crippen molar-refractivity contribution in [1.82, 2.24) is 10.3 Å². The van der Waals surface area contributed by atoms with Crippen LogP contribution in [0.2, 0.25) is 0 Å². The first-order valence-corrected chi connectivity index (χ1v) is 8.54. The second kappa shape index (κ2) is 8.58. The molecule has 1 saturated heterocycles. The standard InChI is InChI=1S/C19H22FN3O2/c20-16-5-3-14(4-6-16)7-8-22-19(24)15-10-17(12-21-11-15)23-13-18-2-1-9-25-18/h3-6,10-12,18,23H,1-2,7-9,13H2,(H,22,24). The topological polar surface area (TPSA) is 63.2 Å². The van der Waals surface area contributed by atoms with Gasteiger partial charge in [0.15, 0.2) is 0 Å². The zero-order valence-electron chi connectivity index (χ0n) is 14.0. The number of rotatable bonds is 7. The smallest absolute Gasteiger partial charge is 0.252 e. The van der Waals surface area contributed by atoms with Gasteiger partial charge < -0.3 is 15.4 Å². The fourth-order valence-electron chi connectivity index (χ4n) is 2.77. The summed E-state index contributed by atoms with van der Waals surface area (Å²) in [5.41, 5.74) is 2.30. The number of ether oxygens (including phenoxy) is 1. The number of amides is 1. The van der Waals surface area contributed by atoms with E-state index in [-0.39, 0.29) is 17.8 Å². The quantitative estimate of drug-likeness (QED) is 0.811. The zero-order chi connectivity index (χ0) is 17.5. The minimum atomic E-state index is -0.258. The Bertz CT molecular complexity index is 700. The summed E-state index contributed by atoms with van der Waals surface area (Å²) in [7, 11) is 0. The molecule has 5 nitrogen and oxygen atoms in total. The van der Waals surface area contributed by atoms with Crippen LogP contribution in [0, 0.1) is 5.82 Å². The van der Waals surface area contributed by atoms with Crippen molar-refractivity contribution in [2.45, 2.75) is 25.4 Å². The van der Waals surface area contributed by atoms with Gasteiger partial charge in [-0.25, -0.2) is 4.39 Å². The fourth-order valence-corrected chi connectivity index (χ4v) is 2.77. The molecule has 3 rings (SSSR count). The third-order valence-corrected chi connectivity index (χ3v) is 4.17. The van der Waals surface area contributed by atoms with E-state index < -0.39 is 0 Å². The summed E-state index contributed by atoms with van der Waals surface area (Å²) >= 11 is 0. The van der Waals surface area contributed by atoms with Gasteiger partial charge in [0.05, 0.1) is 17.4 Å². The molecule has 1 atom stereocenters. The van der Waals surface area contributed by atoms with Gasteiger partial charge in [-0.3, -0.25) is 9.78 Å². The van der Waals surface area contributed by atoms with Gasteiger partial charge in [-0.15, -0.1) is 0 Å². The van der Waals surface area contributed by atoms with E-state index >= 15 is 0 Å². The first kappa shape index (κ1) is 17.4. The first-order valence-electron chi connectivity index (χ1n) is 8.54. The highest BCUT2D eigenvalue weighted by Crippen LogP contribution is 2.14. The maximum atomic E-state index is 12.9. The molecule has 1 aliphatic rings. The van der Waals surface area contributed by atoms with E-state index in [9.17, 15) is 9.18 Å². The van der Waals surface area contributed by atoms with Crippen LogP contribution >= 0.6 is 0 Å². The molecular formula is C19H22FN3O2. The molecule has 2 aromatic rings. The van der Waals surface area contributed by atoms with Crippen LogP contribution < -0.4 is 10.6 Å². The third kappa shape index (κ3) is 5.26. The molecule has 2 heterocycles. The SMILES string of the molecule is O=C(NCCc1ccc(F)cc1)c1cncc(NCC2CCCO2)c1.